The molecule has 1 aromatic carbocycles. The molecule has 2 aliphatic carbocycles. The number of aliphatic hydroxyl groups excluding tert-OH is 1. The van der Waals surface area contributed by atoms with E-state index in [9.17, 15) is 10.4 Å². The molecule has 0 amide bonds. The predicted molar refractivity (Wildman–Crippen MR) is 121 cm³/mol. The molecule has 1 N–H and O–H groups in total. The number of hydrogen-bond acceptors (Lipinski definition) is 7. The van der Waals surface area contributed by atoms with Crippen molar-refractivity contribution in [2.24, 2.45) is 5.41 Å². The molecule has 0 bridgehead atoms. The first-order valence-corrected chi connectivity index (χ1v) is 11.3. The molecule has 6 rings (SSSR count). The van der Waals surface area contributed by atoms with E-state index in [1.54, 1.807) is 6.33 Å². The summed E-state index contributed by atoms with van der Waals surface area (Å²) in [6, 6.07) is 11.0. The average Bonchev–Trinajstić information content (AvgIpc) is 3.48. The Morgan fingerprint density at radius 2 is 1.97 bits per heavy atom. The third-order valence-electron chi connectivity index (χ3n) is 7.82. The standard InChI is InChI=1S/C24H27N7O/c1-29-6-7-30(11-19(29)12-32)21-9-22(27-16-26-21)31-20-8-18(3-2-17(20)10-28-31)24(15-25)13-23(14-24)4-5-23/h2-3,8-10,16,19,32H,4-7,11-14H2,1H3/t19-/m1/s1. The molecule has 3 aromatic rings. The zero-order valence-electron chi connectivity index (χ0n) is 18.3. The molecule has 1 saturated heterocycles. The summed E-state index contributed by atoms with van der Waals surface area (Å²) in [7, 11) is 2.04. The van der Waals surface area contributed by atoms with Gasteiger partial charge in [-0.15, -0.1) is 0 Å². The number of piperazine rings is 1. The van der Waals surface area contributed by atoms with Gasteiger partial charge in [-0.1, -0.05) is 12.1 Å². The summed E-state index contributed by atoms with van der Waals surface area (Å²) in [6.45, 7) is 2.57. The Balaban J connectivity index is 1.34. The Labute approximate surface area is 187 Å². The number of anilines is 1. The molecule has 0 radical (unpaired) electrons. The van der Waals surface area contributed by atoms with Gasteiger partial charge in [-0.25, -0.2) is 14.6 Å². The molecule has 2 saturated carbocycles. The van der Waals surface area contributed by atoms with Crippen LogP contribution in [0.3, 0.4) is 0 Å². The highest BCUT2D eigenvalue weighted by Crippen LogP contribution is 2.68. The van der Waals surface area contributed by atoms with Crippen molar-refractivity contribution in [3.63, 3.8) is 0 Å². The average molecular weight is 430 g/mol. The zero-order chi connectivity index (χ0) is 21.9. The molecule has 2 aromatic heterocycles. The first-order valence-electron chi connectivity index (χ1n) is 11.3. The fourth-order valence-electron chi connectivity index (χ4n) is 5.58. The van der Waals surface area contributed by atoms with Gasteiger partial charge in [-0.2, -0.15) is 10.4 Å². The van der Waals surface area contributed by atoms with Crippen LogP contribution < -0.4 is 4.90 Å². The van der Waals surface area contributed by atoms with Crippen LogP contribution in [-0.2, 0) is 5.41 Å². The lowest BCUT2D eigenvalue weighted by molar-refractivity contribution is 0.135. The lowest BCUT2D eigenvalue weighted by Gasteiger charge is -2.44. The van der Waals surface area contributed by atoms with Crippen molar-refractivity contribution < 1.29 is 5.11 Å². The fraction of sp³-hybridized carbons (Fsp3) is 0.500. The van der Waals surface area contributed by atoms with Crippen LogP contribution in [0.2, 0.25) is 0 Å². The number of hydrogen-bond donors (Lipinski definition) is 1. The second-order valence-electron chi connectivity index (χ2n) is 9.87. The highest BCUT2D eigenvalue weighted by Gasteiger charge is 2.61. The Kier molecular flexibility index (Phi) is 4.29. The second kappa shape index (κ2) is 6.99. The number of aromatic nitrogens is 4. The molecular formula is C24H27N7O. The van der Waals surface area contributed by atoms with Gasteiger partial charge in [0.2, 0.25) is 0 Å². The van der Waals surface area contributed by atoms with Crippen molar-refractivity contribution in [3.8, 4) is 11.9 Å². The number of nitriles is 1. The van der Waals surface area contributed by atoms with Gasteiger partial charge in [0, 0.05) is 31.1 Å². The minimum atomic E-state index is -0.365. The summed E-state index contributed by atoms with van der Waals surface area (Å²) in [6.07, 6.45) is 7.91. The van der Waals surface area contributed by atoms with Gasteiger partial charge in [0.15, 0.2) is 5.82 Å². The van der Waals surface area contributed by atoms with Crippen LogP contribution in [0.5, 0.6) is 0 Å². The highest BCUT2D eigenvalue weighted by atomic mass is 16.3. The SMILES string of the molecule is CN1CCN(c2cc(-n3ncc4ccc(C5(C#N)CC6(CC6)C5)cc43)ncn2)C[C@@H]1CO. The van der Waals surface area contributed by atoms with E-state index < -0.39 is 0 Å². The van der Waals surface area contributed by atoms with Crippen LogP contribution in [0.25, 0.3) is 16.7 Å². The van der Waals surface area contributed by atoms with Crippen molar-refractivity contribution >= 4 is 16.7 Å². The summed E-state index contributed by atoms with van der Waals surface area (Å²) < 4.78 is 1.85. The zero-order valence-corrected chi connectivity index (χ0v) is 18.3. The fourth-order valence-corrected chi connectivity index (χ4v) is 5.58. The van der Waals surface area contributed by atoms with Crippen molar-refractivity contribution in [3.05, 3.63) is 42.4 Å². The number of benzene rings is 1. The molecule has 1 spiro atoms. The van der Waals surface area contributed by atoms with Crippen LogP contribution in [0.4, 0.5) is 5.82 Å². The summed E-state index contributed by atoms with van der Waals surface area (Å²) in [4.78, 5) is 13.4. The Hall–Kier alpha value is -3.02. The van der Waals surface area contributed by atoms with E-state index in [1.165, 1.54) is 12.8 Å². The van der Waals surface area contributed by atoms with Gasteiger partial charge < -0.3 is 10.0 Å². The normalized spacial score (nSPS) is 23.8. The number of likely N-dealkylation sites (N-methyl/N-ethyl adjacent to an activating group) is 1. The van der Waals surface area contributed by atoms with Gasteiger partial charge in [0.25, 0.3) is 0 Å². The van der Waals surface area contributed by atoms with Gasteiger partial charge in [0.1, 0.15) is 12.1 Å². The molecule has 3 aliphatic rings. The van der Waals surface area contributed by atoms with Crippen LogP contribution in [0.15, 0.2) is 36.8 Å². The molecule has 8 heteroatoms. The Morgan fingerprint density at radius 3 is 2.72 bits per heavy atom. The summed E-state index contributed by atoms with van der Waals surface area (Å²) in [5.74, 6) is 1.55. The number of nitrogens with zero attached hydrogens (tertiary/aromatic N) is 7. The van der Waals surface area contributed by atoms with E-state index in [1.807, 2.05) is 24.0 Å². The largest absolute Gasteiger partial charge is 0.395 e. The van der Waals surface area contributed by atoms with E-state index in [4.69, 9.17) is 0 Å². The molecule has 8 nitrogen and oxygen atoms in total. The predicted octanol–water partition coefficient (Wildman–Crippen LogP) is 2.26. The first kappa shape index (κ1) is 19.6. The van der Waals surface area contributed by atoms with Crippen molar-refractivity contribution in [1.82, 2.24) is 24.6 Å². The molecule has 1 aliphatic heterocycles. The third-order valence-corrected chi connectivity index (χ3v) is 7.82. The molecule has 0 unspecified atom stereocenters. The lowest BCUT2D eigenvalue weighted by atomic mass is 9.57. The van der Waals surface area contributed by atoms with Gasteiger partial charge >= 0.3 is 0 Å². The Morgan fingerprint density at radius 1 is 1.16 bits per heavy atom. The van der Waals surface area contributed by atoms with E-state index in [0.29, 0.717) is 11.2 Å². The van der Waals surface area contributed by atoms with Crippen LogP contribution in [0, 0.1) is 16.7 Å². The van der Waals surface area contributed by atoms with E-state index in [-0.39, 0.29) is 18.1 Å². The maximum absolute atomic E-state index is 9.98. The van der Waals surface area contributed by atoms with E-state index in [2.05, 4.69) is 49.1 Å². The van der Waals surface area contributed by atoms with Crippen LogP contribution in [0.1, 0.15) is 31.2 Å². The minimum Gasteiger partial charge on any atom is -0.395 e. The number of fused-ring (bicyclic) bond motifs is 1. The Bertz CT molecular complexity index is 1220. The molecule has 3 fully saturated rings. The van der Waals surface area contributed by atoms with Crippen molar-refractivity contribution in [1.29, 1.82) is 5.26 Å². The summed E-state index contributed by atoms with van der Waals surface area (Å²) >= 11 is 0. The van der Waals surface area contributed by atoms with Gasteiger partial charge in [-0.3, -0.25) is 4.90 Å². The number of aliphatic hydroxyl groups is 1. The number of rotatable bonds is 4. The maximum atomic E-state index is 9.98. The molecular weight excluding hydrogens is 402 g/mol. The molecule has 32 heavy (non-hydrogen) atoms. The molecule has 3 heterocycles. The quantitative estimate of drug-likeness (QED) is 0.680. The topological polar surface area (TPSA) is 94.1 Å². The second-order valence-corrected chi connectivity index (χ2v) is 9.87. The van der Waals surface area contributed by atoms with Gasteiger partial charge in [0.05, 0.1) is 35.8 Å². The summed E-state index contributed by atoms with van der Waals surface area (Å²) in [5.41, 5.74) is 2.13. The highest BCUT2D eigenvalue weighted by molar-refractivity contribution is 5.81. The molecule has 1 atom stereocenters. The van der Waals surface area contributed by atoms with Crippen LogP contribution in [-0.4, -0.2) is 69.1 Å². The van der Waals surface area contributed by atoms with E-state index in [0.717, 1.165) is 54.8 Å². The first-order chi connectivity index (χ1) is 15.5. The minimum absolute atomic E-state index is 0.0923. The van der Waals surface area contributed by atoms with Crippen molar-refractivity contribution in [2.45, 2.75) is 37.1 Å². The third kappa shape index (κ3) is 2.99. The van der Waals surface area contributed by atoms with E-state index >= 15 is 0 Å². The lowest BCUT2D eigenvalue weighted by Crippen LogP contribution is -2.53. The smallest absolute Gasteiger partial charge is 0.159 e. The van der Waals surface area contributed by atoms with Crippen LogP contribution >= 0.6 is 0 Å². The monoisotopic (exact) mass is 429 g/mol. The maximum Gasteiger partial charge on any atom is 0.159 e. The molecule has 164 valence electrons. The van der Waals surface area contributed by atoms with Gasteiger partial charge in [-0.05, 0) is 49.8 Å². The summed E-state index contributed by atoms with van der Waals surface area (Å²) in [5, 5.41) is 25.3. The van der Waals surface area contributed by atoms with Crippen molar-refractivity contribution in [2.75, 3.05) is 38.2 Å².